The lowest BCUT2D eigenvalue weighted by Crippen LogP contribution is -2.45. The summed E-state index contributed by atoms with van der Waals surface area (Å²) in [5, 5.41) is 0. The first kappa shape index (κ1) is 53.4. The number of rotatable bonds is 42. The number of allylic oxidation sites excluding steroid dienone is 8. The van der Waals surface area contributed by atoms with E-state index in [1.54, 1.807) is 0 Å². The summed E-state index contributed by atoms with van der Waals surface area (Å²) >= 11 is 0. The molecule has 2 atom stereocenters. The lowest BCUT2D eigenvalue weighted by molar-refractivity contribution is -0.139. The molecule has 0 aromatic carbocycles. The Morgan fingerprint density at radius 1 is 0.418 bits per heavy atom. The fraction of sp³-hybridized carbons (Fsp3) is 0.827. The molecule has 0 rings (SSSR count). The zero-order chi connectivity index (χ0) is 40.3. The van der Waals surface area contributed by atoms with E-state index in [-0.39, 0.29) is 5.92 Å². The minimum absolute atomic E-state index is 0.200. The Kier molecular flexibility index (Phi) is 42.2. The number of carbonyl (C=O) groups is 1. The van der Waals surface area contributed by atoms with Gasteiger partial charge in [0.05, 0.1) is 0 Å². The molecule has 0 bridgehead atoms. The molecule has 0 aliphatic heterocycles. The molecule has 0 heterocycles. The molecule has 1 amide bonds. The van der Waals surface area contributed by atoms with Crippen LogP contribution in [-0.4, -0.2) is 48.9 Å². The zero-order valence-electron chi connectivity index (χ0n) is 38.3. The highest BCUT2D eigenvalue weighted by Gasteiger charge is 2.28. The van der Waals surface area contributed by atoms with Crippen molar-refractivity contribution in [3.63, 3.8) is 0 Å². The highest BCUT2D eigenvalue weighted by molar-refractivity contribution is 5.79. The molecular formula is C52H98N2O. The standard InChI is InChI=1S/C52H98N2O/c1-7-11-14-16-18-20-22-24-26-28-30-32-34-36-38-40-43-47-51(54(49-44-48-53(5)6)52(55)50(10-4)45-41-13-9-3)46-42-39-37-35-33-31-29-27-25-23-21-19-17-15-12-8-2/h18-21,24-27,50-51H,7-17,22-23,28-49H2,1-6H3/b20-18-,21-19-,26-24-,27-25-. The van der Waals surface area contributed by atoms with Crippen LogP contribution < -0.4 is 0 Å². The van der Waals surface area contributed by atoms with Crippen LogP contribution in [0.1, 0.15) is 240 Å². The maximum absolute atomic E-state index is 14.2. The highest BCUT2D eigenvalue weighted by atomic mass is 16.2. The summed E-state index contributed by atoms with van der Waals surface area (Å²) < 4.78 is 0. The van der Waals surface area contributed by atoms with Crippen molar-refractivity contribution in [3.8, 4) is 0 Å². The summed E-state index contributed by atoms with van der Waals surface area (Å²) in [5.41, 5.74) is 0. The van der Waals surface area contributed by atoms with E-state index in [0.717, 1.165) is 45.2 Å². The van der Waals surface area contributed by atoms with Crippen LogP contribution in [0.25, 0.3) is 0 Å². The quantitative estimate of drug-likeness (QED) is 0.0456. The topological polar surface area (TPSA) is 23.6 Å². The smallest absolute Gasteiger partial charge is 0.225 e. The summed E-state index contributed by atoms with van der Waals surface area (Å²) in [6.07, 6.45) is 60.4. The van der Waals surface area contributed by atoms with E-state index < -0.39 is 0 Å². The van der Waals surface area contributed by atoms with Crippen molar-refractivity contribution in [1.82, 2.24) is 9.80 Å². The molecule has 3 nitrogen and oxygen atoms in total. The predicted octanol–water partition coefficient (Wildman–Crippen LogP) is 16.5. The first-order valence-electron chi connectivity index (χ1n) is 24.6. The monoisotopic (exact) mass is 767 g/mol. The fourth-order valence-corrected chi connectivity index (χ4v) is 7.78. The minimum atomic E-state index is 0.200. The molecule has 0 aromatic heterocycles. The first-order valence-corrected chi connectivity index (χ1v) is 24.6. The van der Waals surface area contributed by atoms with Gasteiger partial charge in [-0.15, -0.1) is 0 Å². The normalized spacial score (nSPS) is 13.4. The Hall–Kier alpha value is -1.61. The van der Waals surface area contributed by atoms with Crippen molar-refractivity contribution in [2.75, 3.05) is 27.2 Å². The Bertz CT molecular complexity index is 901. The van der Waals surface area contributed by atoms with Crippen LogP contribution in [0.4, 0.5) is 0 Å². The van der Waals surface area contributed by atoms with Crippen molar-refractivity contribution in [3.05, 3.63) is 48.6 Å². The van der Waals surface area contributed by atoms with Crippen LogP contribution in [0.2, 0.25) is 0 Å². The average Bonchev–Trinajstić information content (AvgIpc) is 3.18. The van der Waals surface area contributed by atoms with Crippen LogP contribution in [0, 0.1) is 5.92 Å². The number of nitrogens with zero attached hydrogens (tertiary/aromatic N) is 2. The lowest BCUT2D eigenvalue weighted by atomic mass is 9.93. The Labute approximate surface area is 346 Å². The molecule has 0 radical (unpaired) electrons. The lowest BCUT2D eigenvalue weighted by Gasteiger charge is -2.35. The summed E-state index contributed by atoms with van der Waals surface area (Å²) in [4.78, 5) is 18.9. The second kappa shape index (κ2) is 43.5. The highest BCUT2D eigenvalue weighted by Crippen LogP contribution is 2.25. The van der Waals surface area contributed by atoms with E-state index in [1.165, 1.54) is 180 Å². The summed E-state index contributed by atoms with van der Waals surface area (Å²) in [6.45, 7) is 11.0. The maximum atomic E-state index is 14.2. The Balaban J connectivity index is 4.83. The van der Waals surface area contributed by atoms with Gasteiger partial charge in [-0.05, 0) is 117 Å². The van der Waals surface area contributed by atoms with E-state index in [9.17, 15) is 4.79 Å². The van der Waals surface area contributed by atoms with Gasteiger partial charge in [-0.25, -0.2) is 0 Å². The largest absolute Gasteiger partial charge is 0.339 e. The van der Waals surface area contributed by atoms with Gasteiger partial charge in [-0.2, -0.15) is 0 Å². The Morgan fingerprint density at radius 2 is 0.782 bits per heavy atom. The van der Waals surface area contributed by atoms with E-state index in [1.807, 2.05) is 0 Å². The van der Waals surface area contributed by atoms with Gasteiger partial charge in [0.1, 0.15) is 0 Å². The number of unbranched alkanes of at least 4 members (excludes halogenated alkanes) is 21. The molecular weight excluding hydrogens is 669 g/mol. The van der Waals surface area contributed by atoms with Crippen LogP contribution in [0.3, 0.4) is 0 Å². The molecule has 0 fully saturated rings. The molecule has 0 aliphatic rings. The van der Waals surface area contributed by atoms with Crippen LogP contribution in [0.15, 0.2) is 48.6 Å². The van der Waals surface area contributed by atoms with Crippen LogP contribution in [-0.2, 0) is 4.79 Å². The molecule has 0 spiro atoms. The van der Waals surface area contributed by atoms with Crippen molar-refractivity contribution < 1.29 is 4.79 Å². The van der Waals surface area contributed by atoms with Gasteiger partial charge in [-0.3, -0.25) is 4.79 Å². The minimum Gasteiger partial charge on any atom is -0.339 e. The van der Waals surface area contributed by atoms with Gasteiger partial charge in [0, 0.05) is 18.5 Å². The van der Waals surface area contributed by atoms with Gasteiger partial charge >= 0.3 is 0 Å². The SMILES string of the molecule is CCCCC/C=C\C/C=C\CCCCCCCCCC(CCCCCCCC/C=C\C/C=C\CCCCC)N(CCCN(C)C)C(=O)C(CC)CCCCC. The molecule has 0 N–H and O–H groups in total. The van der Waals surface area contributed by atoms with Crippen LogP contribution >= 0.6 is 0 Å². The van der Waals surface area contributed by atoms with Gasteiger partial charge in [0.15, 0.2) is 0 Å². The van der Waals surface area contributed by atoms with Crippen molar-refractivity contribution in [2.24, 2.45) is 5.92 Å². The van der Waals surface area contributed by atoms with Gasteiger partial charge in [0.2, 0.25) is 5.91 Å². The third-order valence-corrected chi connectivity index (χ3v) is 11.5. The van der Waals surface area contributed by atoms with Crippen molar-refractivity contribution in [1.29, 1.82) is 0 Å². The van der Waals surface area contributed by atoms with E-state index in [2.05, 4.69) is 100 Å². The zero-order valence-corrected chi connectivity index (χ0v) is 38.3. The third-order valence-electron chi connectivity index (χ3n) is 11.5. The number of carbonyl (C=O) groups excluding carboxylic acids is 1. The Morgan fingerprint density at radius 3 is 1.18 bits per heavy atom. The second-order valence-electron chi connectivity index (χ2n) is 17.0. The summed E-state index contributed by atoms with van der Waals surface area (Å²) in [7, 11) is 4.33. The molecule has 322 valence electrons. The molecule has 0 aromatic rings. The number of amides is 1. The molecule has 0 saturated carbocycles. The van der Waals surface area contributed by atoms with Crippen molar-refractivity contribution >= 4 is 5.91 Å². The van der Waals surface area contributed by atoms with Gasteiger partial charge < -0.3 is 9.80 Å². The molecule has 2 unspecified atom stereocenters. The van der Waals surface area contributed by atoms with Gasteiger partial charge in [0.25, 0.3) is 0 Å². The summed E-state index contributed by atoms with van der Waals surface area (Å²) in [6, 6.07) is 0.415. The molecule has 3 heteroatoms. The number of hydrogen-bond donors (Lipinski definition) is 0. The van der Waals surface area contributed by atoms with E-state index >= 15 is 0 Å². The van der Waals surface area contributed by atoms with Crippen LogP contribution in [0.5, 0.6) is 0 Å². The third kappa shape index (κ3) is 36.5. The average molecular weight is 767 g/mol. The molecule has 0 saturated heterocycles. The predicted molar refractivity (Wildman–Crippen MR) is 249 cm³/mol. The number of hydrogen-bond acceptors (Lipinski definition) is 2. The summed E-state index contributed by atoms with van der Waals surface area (Å²) in [5.74, 6) is 0.672. The second-order valence-corrected chi connectivity index (χ2v) is 17.0. The first-order chi connectivity index (χ1) is 27.0. The van der Waals surface area contributed by atoms with Crippen molar-refractivity contribution in [2.45, 2.75) is 246 Å². The van der Waals surface area contributed by atoms with E-state index in [0.29, 0.717) is 11.9 Å². The molecule has 55 heavy (non-hydrogen) atoms. The van der Waals surface area contributed by atoms with E-state index in [4.69, 9.17) is 0 Å². The maximum Gasteiger partial charge on any atom is 0.225 e. The molecule has 0 aliphatic carbocycles. The fourth-order valence-electron chi connectivity index (χ4n) is 7.78. The van der Waals surface area contributed by atoms with Gasteiger partial charge in [-0.1, -0.05) is 192 Å².